The van der Waals surface area contributed by atoms with Crippen LogP contribution in [0, 0.1) is 0 Å². The molecule has 0 saturated carbocycles. The molecule has 3 N–H and O–H groups in total. The molecular weight excluding hydrogens is 164 g/mol. The summed E-state index contributed by atoms with van der Waals surface area (Å²) in [6.07, 6.45) is 0.819. The number of aldehydes is 1. The molecule has 0 amide bonds. The monoisotopic (exact) mass is 176 g/mol. The number of aromatic amines is 1. The number of aromatic nitrogens is 1. The van der Waals surface area contributed by atoms with E-state index < -0.39 is 0 Å². The van der Waals surface area contributed by atoms with Crippen LogP contribution in [0.4, 0.5) is 0 Å². The maximum absolute atomic E-state index is 10.3. The Morgan fingerprint density at radius 1 is 1.31 bits per heavy atom. The molecule has 0 saturated heterocycles. The van der Waals surface area contributed by atoms with E-state index in [1.807, 2.05) is 30.3 Å². The molecule has 3 nitrogen and oxygen atoms in total. The number of nitrogens with two attached hydrogens (primary N) is 1. The van der Waals surface area contributed by atoms with Crippen LogP contribution in [0.3, 0.4) is 0 Å². The average Bonchev–Trinajstić information content (AvgIpc) is 2.63. The van der Waals surface area contributed by atoms with Crippen molar-refractivity contribution in [2.24, 2.45) is 5.73 Å². The standard InChI is InChI=1S/C9H7NO.CH5N/c11-6-8-5-7-3-1-2-4-9(7)10-8;1-2/h1-6,10H;2H2,1H3. The van der Waals surface area contributed by atoms with Crippen molar-refractivity contribution in [1.29, 1.82) is 0 Å². The number of hydrogen-bond acceptors (Lipinski definition) is 2. The number of carbonyl (C=O) groups is 1. The summed E-state index contributed by atoms with van der Waals surface area (Å²) in [5.74, 6) is 0. The predicted molar refractivity (Wildman–Crippen MR) is 53.8 cm³/mol. The largest absolute Gasteiger partial charge is 0.352 e. The Bertz CT molecular complexity index is 359. The summed E-state index contributed by atoms with van der Waals surface area (Å²) in [6.45, 7) is 0. The molecule has 13 heavy (non-hydrogen) atoms. The summed E-state index contributed by atoms with van der Waals surface area (Å²) in [5, 5.41) is 1.08. The average molecular weight is 176 g/mol. The van der Waals surface area contributed by atoms with Crippen LogP contribution < -0.4 is 5.73 Å². The van der Waals surface area contributed by atoms with Gasteiger partial charge in [-0.15, -0.1) is 0 Å². The van der Waals surface area contributed by atoms with Gasteiger partial charge in [-0.3, -0.25) is 4.79 Å². The number of nitrogens with one attached hydrogen (secondary N) is 1. The molecule has 3 heteroatoms. The van der Waals surface area contributed by atoms with Crippen LogP contribution in [-0.4, -0.2) is 18.3 Å². The minimum Gasteiger partial charge on any atom is -0.352 e. The van der Waals surface area contributed by atoms with Crippen molar-refractivity contribution in [3.05, 3.63) is 36.0 Å². The van der Waals surface area contributed by atoms with Gasteiger partial charge in [-0.05, 0) is 19.2 Å². The minimum absolute atomic E-state index is 0.631. The van der Waals surface area contributed by atoms with Crippen molar-refractivity contribution in [3.63, 3.8) is 0 Å². The van der Waals surface area contributed by atoms with Gasteiger partial charge in [0, 0.05) is 10.9 Å². The van der Waals surface area contributed by atoms with Gasteiger partial charge >= 0.3 is 0 Å². The van der Waals surface area contributed by atoms with Crippen molar-refractivity contribution in [2.45, 2.75) is 0 Å². The third-order valence-electron chi connectivity index (χ3n) is 1.68. The van der Waals surface area contributed by atoms with Crippen LogP contribution in [0.2, 0.25) is 0 Å². The van der Waals surface area contributed by atoms with Crippen molar-refractivity contribution < 1.29 is 4.79 Å². The lowest BCUT2D eigenvalue weighted by molar-refractivity contribution is 0.112. The third kappa shape index (κ3) is 1.95. The van der Waals surface area contributed by atoms with Crippen molar-refractivity contribution in [1.82, 2.24) is 4.98 Å². The summed E-state index contributed by atoms with van der Waals surface area (Å²) >= 11 is 0. The van der Waals surface area contributed by atoms with E-state index in [9.17, 15) is 4.79 Å². The van der Waals surface area contributed by atoms with E-state index in [0.29, 0.717) is 5.69 Å². The SMILES string of the molecule is CN.O=Cc1cc2ccccc2[nH]1. The Hall–Kier alpha value is -1.61. The second-order valence-corrected chi connectivity index (χ2v) is 2.43. The highest BCUT2D eigenvalue weighted by atomic mass is 16.1. The van der Waals surface area contributed by atoms with E-state index in [-0.39, 0.29) is 0 Å². The predicted octanol–water partition coefficient (Wildman–Crippen LogP) is 1.56. The van der Waals surface area contributed by atoms with E-state index >= 15 is 0 Å². The molecule has 0 unspecified atom stereocenters. The summed E-state index contributed by atoms with van der Waals surface area (Å²) in [6, 6.07) is 9.64. The molecule has 0 atom stereocenters. The first-order valence-corrected chi connectivity index (χ1v) is 4.01. The van der Waals surface area contributed by atoms with Crippen LogP contribution >= 0.6 is 0 Å². The topological polar surface area (TPSA) is 58.9 Å². The molecule has 0 aliphatic carbocycles. The first kappa shape index (κ1) is 9.48. The van der Waals surface area contributed by atoms with Crippen LogP contribution in [0.25, 0.3) is 10.9 Å². The lowest BCUT2D eigenvalue weighted by atomic mass is 10.2. The van der Waals surface area contributed by atoms with Crippen molar-refractivity contribution in [2.75, 3.05) is 7.05 Å². The number of fused-ring (bicyclic) bond motifs is 1. The fraction of sp³-hybridized carbons (Fsp3) is 0.100. The Labute approximate surface area is 76.6 Å². The molecule has 1 aromatic carbocycles. The third-order valence-corrected chi connectivity index (χ3v) is 1.68. The molecule has 2 rings (SSSR count). The fourth-order valence-electron chi connectivity index (χ4n) is 1.16. The van der Waals surface area contributed by atoms with E-state index in [0.717, 1.165) is 17.2 Å². The number of rotatable bonds is 1. The van der Waals surface area contributed by atoms with Crippen LogP contribution in [0.5, 0.6) is 0 Å². The Morgan fingerprint density at radius 2 is 2.00 bits per heavy atom. The van der Waals surface area contributed by atoms with Gasteiger partial charge in [0.25, 0.3) is 0 Å². The molecule has 0 bridgehead atoms. The Kier molecular flexibility index (Phi) is 3.23. The first-order chi connectivity index (χ1) is 6.40. The molecule has 0 aliphatic rings. The van der Waals surface area contributed by atoms with Gasteiger partial charge < -0.3 is 10.7 Å². The lowest BCUT2D eigenvalue weighted by Crippen LogP contribution is -1.73. The molecule has 0 aliphatic heterocycles. The summed E-state index contributed by atoms with van der Waals surface area (Å²) in [7, 11) is 1.50. The van der Waals surface area contributed by atoms with E-state index in [2.05, 4.69) is 10.7 Å². The van der Waals surface area contributed by atoms with Gasteiger partial charge in [-0.2, -0.15) is 0 Å². The smallest absolute Gasteiger partial charge is 0.166 e. The highest BCUT2D eigenvalue weighted by Gasteiger charge is 1.95. The Balaban J connectivity index is 0.000000396. The van der Waals surface area contributed by atoms with E-state index in [1.54, 1.807) is 0 Å². The van der Waals surface area contributed by atoms with Crippen LogP contribution in [0.1, 0.15) is 10.5 Å². The van der Waals surface area contributed by atoms with E-state index in [4.69, 9.17) is 0 Å². The summed E-state index contributed by atoms with van der Waals surface area (Å²) in [5.41, 5.74) is 6.14. The normalized spacial score (nSPS) is 9.08. The zero-order valence-corrected chi connectivity index (χ0v) is 7.45. The quantitative estimate of drug-likeness (QED) is 0.648. The van der Waals surface area contributed by atoms with Crippen molar-refractivity contribution >= 4 is 17.2 Å². The zero-order valence-electron chi connectivity index (χ0n) is 7.45. The maximum atomic E-state index is 10.3. The number of hydrogen-bond donors (Lipinski definition) is 2. The first-order valence-electron chi connectivity index (χ1n) is 4.01. The van der Waals surface area contributed by atoms with E-state index in [1.165, 1.54) is 7.05 Å². The van der Waals surface area contributed by atoms with Gasteiger partial charge in [-0.1, -0.05) is 18.2 Å². The molecular formula is C10H12N2O. The highest BCUT2D eigenvalue weighted by Crippen LogP contribution is 2.12. The van der Waals surface area contributed by atoms with Gasteiger partial charge in [0.1, 0.15) is 0 Å². The highest BCUT2D eigenvalue weighted by molar-refractivity contribution is 5.87. The fourth-order valence-corrected chi connectivity index (χ4v) is 1.16. The van der Waals surface area contributed by atoms with Gasteiger partial charge in [0.2, 0.25) is 0 Å². The maximum Gasteiger partial charge on any atom is 0.166 e. The Morgan fingerprint density at radius 3 is 2.62 bits per heavy atom. The van der Waals surface area contributed by atoms with Crippen LogP contribution in [-0.2, 0) is 0 Å². The number of H-pyrrole nitrogens is 1. The zero-order chi connectivity index (χ0) is 9.68. The lowest BCUT2D eigenvalue weighted by Gasteiger charge is -1.83. The number of para-hydroxylation sites is 1. The molecule has 0 spiro atoms. The van der Waals surface area contributed by atoms with Crippen LogP contribution in [0.15, 0.2) is 30.3 Å². The second kappa shape index (κ2) is 4.42. The molecule has 0 fully saturated rings. The molecule has 0 radical (unpaired) electrons. The molecule has 2 aromatic rings. The minimum atomic E-state index is 0.631. The molecule has 68 valence electrons. The molecule has 1 heterocycles. The number of benzene rings is 1. The van der Waals surface area contributed by atoms with Gasteiger partial charge in [-0.25, -0.2) is 0 Å². The molecule has 1 aromatic heterocycles. The van der Waals surface area contributed by atoms with Crippen molar-refractivity contribution in [3.8, 4) is 0 Å². The van der Waals surface area contributed by atoms with Gasteiger partial charge in [0.15, 0.2) is 6.29 Å². The van der Waals surface area contributed by atoms with Gasteiger partial charge in [0.05, 0.1) is 5.69 Å². The number of carbonyl (C=O) groups excluding carboxylic acids is 1. The summed E-state index contributed by atoms with van der Waals surface area (Å²) < 4.78 is 0. The second-order valence-electron chi connectivity index (χ2n) is 2.43. The summed E-state index contributed by atoms with van der Waals surface area (Å²) in [4.78, 5) is 13.3.